The van der Waals surface area contributed by atoms with Crippen molar-refractivity contribution in [3.63, 3.8) is 0 Å². The molecule has 10 heteroatoms. The summed E-state index contributed by atoms with van der Waals surface area (Å²) in [7, 11) is -2.58. The molecule has 0 spiro atoms. The van der Waals surface area contributed by atoms with Gasteiger partial charge < -0.3 is 10.1 Å². The normalized spacial score (nSPS) is 11.2. The molecule has 7 nitrogen and oxygen atoms in total. The van der Waals surface area contributed by atoms with E-state index in [2.05, 4.69) is 31.0 Å². The molecule has 0 aliphatic rings. The Kier molecular flexibility index (Phi) is 6.49. The van der Waals surface area contributed by atoms with Crippen LogP contribution in [0.4, 0.5) is 11.4 Å². The Bertz CT molecular complexity index is 1200. The molecule has 1 aromatic heterocycles. The van der Waals surface area contributed by atoms with Crippen molar-refractivity contribution in [2.24, 2.45) is 0 Å². The molecule has 3 rings (SSSR count). The highest BCUT2D eigenvalue weighted by atomic mass is 79.9. The fraction of sp³-hybridized carbons (Fsp3) is 0.200. The molecule has 3 aromatic rings. The van der Waals surface area contributed by atoms with Gasteiger partial charge in [0.2, 0.25) is 0 Å². The smallest absolute Gasteiger partial charge is 0.267 e. The summed E-state index contributed by atoms with van der Waals surface area (Å²) in [4.78, 5) is 17.1. The van der Waals surface area contributed by atoms with Crippen molar-refractivity contribution in [3.05, 3.63) is 62.0 Å². The van der Waals surface area contributed by atoms with E-state index in [1.54, 1.807) is 13.0 Å². The summed E-state index contributed by atoms with van der Waals surface area (Å²) in [5.74, 6) is -0.199. The number of methoxy groups -OCH3 is 1. The van der Waals surface area contributed by atoms with Gasteiger partial charge in [-0.2, -0.15) is 0 Å². The van der Waals surface area contributed by atoms with E-state index in [1.165, 1.54) is 30.6 Å². The Hall–Kier alpha value is -2.43. The largest absolute Gasteiger partial charge is 0.495 e. The first-order valence-electron chi connectivity index (χ1n) is 8.83. The van der Waals surface area contributed by atoms with Crippen LogP contribution in [0.15, 0.2) is 45.2 Å². The molecule has 0 atom stereocenters. The van der Waals surface area contributed by atoms with Crippen LogP contribution in [0.1, 0.15) is 26.5 Å². The maximum atomic E-state index is 13.1. The highest BCUT2D eigenvalue weighted by molar-refractivity contribution is 9.11. The lowest BCUT2D eigenvalue weighted by Crippen LogP contribution is -2.17. The zero-order chi connectivity index (χ0) is 22.1. The molecule has 0 fully saturated rings. The van der Waals surface area contributed by atoms with Crippen LogP contribution in [0, 0.1) is 20.8 Å². The number of nitrogens with one attached hydrogen (secondary N) is 2. The topological polar surface area (TPSA) is 97.4 Å². The van der Waals surface area contributed by atoms with Gasteiger partial charge in [-0.15, -0.1) is 11.3 Å². The number of rotatable bonds is 6. The first-order valence-corrected chi connectivity index (χ1v) is 11.9. The SMILES string of the molecule is COc1ccc(NC(=O)c2sc(Br)nc2C)cc1S(=O)(=O)Nc1c(C)cccc1C. The summed E-state index contributed by atoms with van der Waals surface area (Å²) >= 11 is 4.46. The summed E-state index contributed by atoms with van der Waals surface area (Å²) in [6, 6.07) is 9.98. The number of aromatic nitrogens is 1. The first-order chi connectivity index (χ1) is 14.1. The minimum absolute atomic E-state index is 0.0762. The molecule has 0 aliphatic heterocycles. The van der Waals surface area contributed by atoms with Crippen molar-refractivity contribution in [1.82, 2.24) is 4.98 Å². The van der Waals surface area contributed by atoms with Crippen LogP contribution in [0.25, 0.3) is 0 Å². The molecule has 158 valence electrons. The highest BCUT2D eigenvalue weighted by Crippen LogP contribution is 2.31. The number of amides is 1. The standard InChI is InChI=1S/C20H20BrN3O4S2/c1-11-6-5-7-12(2)17(11)24-30(26,27)16-10-14(8-9-15(16)28-4)23-19(25)18-13(3)22-20(21)29-18/h5-10,24H,1-4H3,(H,23,25). The van der Waals surface area contributed by atoms with Gasteiger partial charge in [0, 0.05) is 5.69 Å². The Balaban J connectivity index is 1.96. The van der Waals surface area contributed by atoms with Crippen molar-refractivity contribution in [1.29, 1.82) is 0 Å². The lowest BCUT2D eigenvalue weighted by Gasteiger charge is -2.16. The van der Waals surface area contributed by atoms with Crippen LogP contribution in [0.3, 0.4) is 0 Å². The predicted octanol–water partition coefficient (Wildman–Crippen LogP) is 4.89. The molecule has 2 N–H and O–H groups in total. The Labute approximate surface area is 187 Å². The Morgan fingerprint density at radius 2 is 1.80 bits per heavy atom. The number of halogens is 1. The van der Waals surface area contributed by atoms with E-state index in [1.807, 2.05) is 32.0 Å². The van der Waals surface area contributed by atoms with Gasteiger partial charge in [-0.1, -0.05) is 18.2 Å². The Morgan fingerprint density at radius 1 is 1.13 bits per heavy atom. The summed E-state index contributed by atoms with van der Waals surface area (Å²) in [6.45, 7) is 5.39. The van der Waals surface area contributed by atoms with Crippen LogP contribution in [-0.2, 0) is 10.0 Å². The summed E-state index contributed by atoms with van der Waals surface area (Å²) < 4.78 is 34.8. The quantitative estimate of drug-likeness (QED) is 0.492. The monoisotopic (exact) mass is 509 g/mol. The van der Waals surface area contributed by atoms with Gasteiger partial charge in [0.15, 0.2) is 3.92 Å². The van der Waals surface area contributed by atoms with Crippen molar-refractivity contribution >= 4 is 54.6 Å². The van der Waals surface area contributed by atoms with Crippen LogP contribution < -0.4 is 14.8 Å². The second-order valence-corrected chi connectivity index (χ2v) is 10.5. The summed E-state index contributed by atoms with van der Waals surface area (Å²) in [6.07, 6.45) is 0. The first kappa shape index (κ1) is 22.3. The van der Waals surface area contributed by atoms with Crippen molar-refractivity contribution < 1.29 is 17.9 Å². The third kappa shape index (κ3) is 4.66. The van der Waals surface area contributed by atoms with Crippen LogP contribution in [0.5, 0.6) is 5.75 Å². The van der Waals surface area contributed by atoms with E-state index in [0.717, 1.165) is 11.1 Å². The van der Waals surface area contributed by atoms with Crippen LogP contribution >= 0.6 is 27.3 Å². The molecule has 1 amide bonds. The minimum Gasteiger partial charge on any atom is -0.495 e. The third-order valence-corrected chi connectivity index (χ3v) is 7.38. The number of hydrogen-bond donors (Lipinski definition) is 2. The molecular weight excluding hydrogens is 490 g/mol. The number of aryl methyl sites for hydroxylation is 3. The van der Waals surface area contributed by atoms with Crippen molar-refractivity contribution in [3.8, 4) is 5.75 Å². The zero-order valence-corrected chi connectivity index (χ0v) is 20.0. The predicted molar refractivity (Wildman–Crippen MR) is 122 cm³/mol. The van der Waals surface area contributed by atoms with Crippen LogP contribution in [-0.4, -0.2) is 26.4 Å². The number of para-hydroxylation sites is 1. The van der Waals surface area contributed by atoms with Gasteiger partial charge in [-0.3, -0.25) is 9.52 Å². The van der Waals surface area contributed by atoms with Crippen molar-refractivity contribution in [2.45, 2.75) is 25.7 Å². The van der Waals surface area contributed by atoms with E-state index in [4.69, 9.17) is 4.74 Å². The zero-order valence-electron chi connectivity index (χ0n) is 16.7. The average molecular weight is 510 g/mol. The van der Waals surface area contributed by atoms with Crippen molar-refractivity contribution in [2.75, 3.05) is 17.1 Å². The number of benzene rings is 2. The Morgan fingerprint density at radius 3 is 2.37 bits per heavy atom. The van der Waals surface area contributed by atoms with Gasteiger partial charge >= 0.3 is 0 Å². The lowest BCUT2D eigenvalue weighted by atomic mass is 10.1. The molecule has 0 saturated heterocycles. The second-order valence-electron chi connectivity index (χ2n) is 6.57. The molecule has 2 aromatic carbocycles. The van der Waals surface area contributed by atoms with Crippen LogP contribution in [0.2, 0.25) is 0 Å². The fourth-order valence-electron chi connectivity index (χ4n) is 2.89. The van der Waals surface area contributed by atoms with E-state index in [9.17, 15) is 13.2 Å². The molecule has 0 saturated carbocycles. The maximum absolute atomic E-state index is 13.1. The lowest BCUT2D eigenvalue weighted by molar-refractivity contribution is 0.102. The maximum Gasteiger partial charge on any atom is 0.267 e. The molecular formula is C20H20BrN3O4S2. The number of carbonyl (C=O) groups excluding carboxylic acids is 1. The van der Waals surface area contributed by atoms with E-state index >= 15 is 0 Å². The number of anilines is 2. The number of thiazole rings is 1. The van der Waals surface area contributed by atoms with Gasteiger partial charge in [0.25, 0.3) is 15.9 Å². The number of hydrogen-bond acceptors (Lipinski definition) is 6. The fourth-order valence-corrected chi connectivity index (χ4v) is 5.73. The number of carbonyl (C=O) groups is 1. The minimum atomic E-state index is -3.97. The van der Waals surface area contributed by atoms with Gasteiger partial charge in [0.1, 0.15) is 15.5 Å². The average Bonchev–Trinajstić information content (AvgIpc) is 3.03. The number of ether oxygens (including phenoxy) is 1. The summed E-state index contributed by atoms with van der Waals surface area (Å²) in [5, 5.41) is 2.73. The van der Waals surface area contributed by atoms with Gasteiger partial charge in [-0.25, -0.2) is 13.4 Å². The highest BCUT2D eigenvalue weighted by Gasteiger charge is 2.23. The molecule has 30 heavy (non-hydrogen) atoms. The summed E-state index contributed by atoms with van der Waals surface area (Å²) in [5.41, 5.74) is 3.02. The number of sulfonamides is 1. The third-order valence-electron chi connectivity index (χ3n) is 4.41. The molecule has 0 unspecified atom stereocenters. The molecule has 0 radical (unpaired) electrons. The molecule has 0 aliphatic carbocycles. The van der Waals surface area contributed by atoms with E-state index in [-0.39, 0.29) is 16.6 Å². The van der Waals surface area contributed by atoms with Gasteiger partial charge in [-0.05, 0) is 66.0 Å². The number of nitrogens with zero attached hydrogens (tertiary/aromatic N) is 1. The van der Waals surface area contributed by atoms with Gasteiger partial charge in [0.05, 0.1) is 18.5 Å². The van der Waals surface area contributed by atoms with E-state index in [0.29, 0.717) is 25.9 Å². The molecule has 1 heterocycles. The second kappa shape index (κ2) is 8.75. The van der Waals surface area contributed by atoms with E-state index < -0.39 is 10.0 Å². The molecule has 0 bridgehead atoms.